The number of nitro groups is 1. The molecule has 28 heavy (non-hydrogen) atoms. The summed E-state index contributed by atoms with van der Waals surface area (Å²) in [5.41, 5.74) is 4.65. The minimum Gasteiger partial charge on any atom is -0.378 e. The first-order chi connectivity index (χ1) is 13.4. The summed E-state index contributed by atoms with van der Waals surface area (Å²) in [7, 11) is 0. The molecule has 0 aliphatic heterocycles. The minimum absolute atomic E-state index is 0.0355. The number of Topliss-reactive ketones (excluding diaryl/α,β-unsaturated/α-hetero) is 1. The summed E-state index contributed by atoms with van der Waals surface area (Å²) in [6.45, 7) is 3.99. The zero-order chi connectivity index (χ0) is 20.1. The summed E-state index contributed by atoms with van der Waals surface area (Å²) >= 11 is 0. The number of anilines is 1. The number of benzene rings is 3. The maximum absolute atomic E-state index is 12.8. The van der Waals surface area contributed by atoms with Crippen LogP contribution in [0.2, 0.25) is 0 Å². The topological polar surface area (TPSA) is 72.2 Å². The molecule has 3 aromatic carbocycles. The smallest absolute Gasteiger partial charge is 0.269 e. The van der Waals surface area contributed by atoms with Crippen molar-refractivity contribution in [3.8, 4) is 0 Å². The highest BCUT2D eigenvalue weighted by Crippen LogP contribution is 2.26. The molecule has 1 unspecified atom stereocenters. The van der Waals surface area contributed by atoms with E-state index in [-0.39, 0.29) is 23.9 Å². The fraction of sp³-hybridized carbons (Fsp3) is 0.174. The summed E-state index contributed by atoms with van der Waals surface area (Å²) in [6.07, 6.45) is 0.281. The Balaban J connectivity index is 1.85. The number of hydrogen-bond donors (Lipinski definition) is 1. The Morgan fingerprint density at radius 1 is 0.964 bits per heavy atom. The lowest BCUT2D eigenvalue weighted by atomic mass is 9.96. The molecule has 5 nitrogen and oxygen atoms in total. The molecule has 0 fully saturated rings. The first-order valence-electron chi connectivity index (χ1n) is 9.10. The highest BCUT2D eigenvalue weighted by Gasteiger charge is 2.18. The van der Waals surface area contributed by atoms with Crippen LogP contribution in [0.5, 0.6) is 0 Å². The van der Waals surface area contributed by atoms with Crippen LogP contribution in [0, 0.1) is 24.0 Å². The van der Waals surface area contributed by atoms with Crippen molar-refractivity contribution in [3.05, 3.63) is 105 Å². The van der Waals surface area contributed by atoms with E-state index in [0.717, 1.165) is 22.4 Å². The Hall–Kier alpha value is -3.47. The van der Waals surface area contributed by atoms with Crippen LogP contribution in [0.4, 0.5) is 11.4 Å². The highest BCUT2D eigenvalue weighted by atomic mass is 16.6. The average Bonchev–Trinajstić information content (AvgIpc) is 2.68. The Labute approximate surface area is 164 Å². The largest absolute Gasteiger partial charge is 0.378 e. The molecule has 0 radical (unpaired) electrons. The SMILES string of the molecule is Cc1ccc(C(=O)CC(Nc2ccc([N+](=O)[O-])cc2)c2cccc(C)c2)cc1. The molecule has 1 N–H and O–H groups in total. The second kappa shape index (κ2) is 8.48. The van der Waals surface area contributed by atoms with Gasteiger partial charge in [0.15, 0.2) is 5.78 Å². The minimum atomic E-state index is -0.428. The summed E-state index contributed by atoms with van der Waals surface area (Å²) in [6, 6.07) is 21.5. The van der Waals surface area contributed by atoms with Gasteiger partial charge in [0.2, 0.25) is 0 Å². The molecule has 0 heterocycles. The third-order valence-electron chi connectivity index (χ3n) is 4.63. The first kappa shape index (κ1) is 19.3. The summed E-state index contributed by atoms with van der Waals surface area (Å²) in [5, 5.41) is 14.2. The number of non-ortho nitro benzene ring substituents is 1. The Kier molecular flexibility index (Phi) is 5.84. The van der Waals surface area contributed by atoms with E-state index in [0.29, 0.717) is 5.56 Å². The molecule has 1 atom stereocenters. The number of nitro benzene ring substituents is 1. The highest BCUT2D eigenvalue weighted by molar-refractivity contribution is 5.96. The van der Waals surface area contributed by atoms with Crippen LogP contribution in [0.15, 0.2) is 72.8 Å². The maximum atomic E-state index is 12.8. The summed E-state index contributed by atoms with van der Waals surface area (Å²) < 4.78 is 0. The molecule has 0 spiro atoms. The van der Waals surface area contributed by atoms with Gasteiger partial charge in [-0.2, -0.15) is 0 Å². The van der Waals surface area contributed by atoms with Crippen molar-refractivity contribution in [2.45, 2.75) is 26.3 Å². The fourth-order valence-electron chi connectivity index (χ4n) is 3.06. The predicted octanol–water partition coefficient (Wildman–Crippen LogP) is 5.64. The Morgan fingerprint density at radius 2 is 1.64 bits per heavy atom. The molecule has 3 aromatic rings. The van der Waals surface area contributed by atoms with Crippen LogP contribution < -0.4 is 5.32 Å². The van der Waals surface area contributed by atoms with Crippen molar-refractivity contribution in [1.82, 2.24) is 0 Å². The number of nitrogens with one attached hydrogen (secondary N) is 1. The van der Waals surface area contributed by atoms with Crippen molar-refractivity contribution in [2.75, 3.05) is 5.32 Å². The van der Waals surface area contributed by atoms with E-state index in [1.165, 1.54) is 12.1 Å². The van der Waals surface area contributed by atoms with Gasteiger partial charge in [0.25, 0.3) is 5.69 Å². The van der Waals surface area contributed by atoms with E-state index >= 15 is 0 Å². The standard InChI is InChI=1S/C23H22N2O3/c1-16-6-8-18(9-7-16)23(26)15-22(19-5-3-4-17(2)14-19)24-20-10-12-21(13-11-20)25(27)28/h3-14,22,24H,15H2,1-2H3. The molecule has 0 aromatic heterocycles. The Morgan fingerprint density at radius 3 is 2.25 bits per heavy atom. The monoisotopic (exact) mass is 374 g/mol. The normalized spacial score (nSPS) is 11.6. The number of aryl methyl sites for hydroxylation is 2. The third-order valence-corrected chi connectivity index (χ3v) is 4.63. The van der Waals surface area contributed by atoms with Crippen LogP contribution in [-0.4, -0.2) is 10.7 Å². The van der Waals surface area contributed by atoms with E-state index in [9.17, 15) is 14.9 Å². The van der Waals surface area contributed by atoms with Crippen LogP contribution in [0.25, 0.3) is 0 Å². The van der Waals surface area contributed by atoms with Gasteiger partial charge in [0.1, 0.15) is 0 Å². The zero-order valence-electron chi connectivity index (χ0n) is 15.9. The van der Waals surface area contributed by atoms with Crippen LogP contribution >= 0.6 is 0 Å². The fourth-order valence-corrected chi connectivity index (χ4v) is 3.06. The van der Waals surface area contributed by atoms with Crippen molar-refractivity contribution in [1.29, 1.82) is 0 Å². The van der Waals surface area contributed by atoms with Crippen molar-refractivity contribution >= 4 is 17.2 Å². The summed E-state index contributed by atoms with van der Waals surface area (Å²) in [5.74, 6) is 0.0425. The molecule has 0 aliphatic carbocycles. The molecule has 0 bridgehead atoms. The molecule has 3 rings (SSSR count). The van der Waals surface area contributed by atoms with Crippen LogP contribution in [0.1, 0.15) is 39.5 Å². The molecular weight excluding hydrogens is 352 g/mol. The molecule has 142 valence electrons. The van der Waals surface area contributed by atoms with E-state index in [2.05, 4.69) is 5.32 Å². The second-order valence-corrected chi connectivity index (χ2v) is 6.91. The number of nitrogens with zero attached hydrogens (tertiary/aromatic N) is 1. The van der Waals surface area contributed by atoms with Gasteiger partial charge in [-0.25, -0.2) is 0 Å². The number of carbonyl (C=O) groups excluding carboxylic acids is 1. The van der Waals surface area contributed by atoms with Crippen molar-refractivity contribution in [3.63, 3.8) is 0 Å². The van der Waals surface area contributed by atoms with E-state index in [4.69, 9.17) is 0 Å². The van der Waals surface area contributed by atoms with Crippen molar-refractivity contribution in [2.24, 2.45) is 0 Å². The predicted molar refractivity (Wildman–Crippen MR) is 111 cm³/mol. The number of hydrogen-bond acceptors (Lipinski definition) is 4. The molecular formula is C23H22N2O3. The quantitative estimate of drug-likeness (QED) is 0.330. The van der Waals surface area contributed by atoms with E-state index < -0.39 is 4.92 Å². The molecule has 0 saturated carbocycles. The van der Waals surface area contributed by atoms with Gasteiger partial charge in [-0.3, -0.25) is 14.9 Å². The number of carbonyl (C=O) groups is 1. The van der Waals surface area contributed by atoms with Gasteiger partial charge in [0, 0.05) is 29.8 Å². The third kappa shape index (κ3) is 4.82. The first-order valence-corrected chi connectivity index (χ1v) is 9.10. The van der Waals surface area contributed by atoms with Gasteiger partial charge in [0.05, 0.1) is 11.0 Å². The molecule has 0 amide bonds. The number of rotatable bonds is 7. The van der Waals surface area contributed by atoms with Gasteiger partial charge in [-0.1, -0.05) is 59.7 Å². The average molecular weight is 374 g/mol. The van der Waals surface area contributed by atoms with E-state index in [1.54, 1.807) is 12.1 Å². The van der Waals surface area contributed by atoms with Gasteiger partial charge < -0.3 is 5.32 Å². The Bertz CT molecular complexity index is 979. The van der Waals surface area contributed by atoms with E-state index in [1.807, 2.05) is 62.4 Å². The van der Waals surface area contributed by atoms with Crippen LogP contribution in [0.3, 0.4) is 0 Å². The summed E-state index contributed by atoms with van der Waals surface area (Å²) in [4.78, 5) is 23.3. The van der Waals surface area contributed by atoms with Gasteiger partial charge >= 0.3 is 0 Å². The molecule has 0 saturated heterocycles. The molecule has 0 aliphatic rings. The number of ketones is 1. The van der Waals surface area contributed by atoms with Crippen molar-refractivity contribution < 1.29 is 9.72 Å². The maximum Gasteiger partial charge on any atom is 0.269 e. The zero-order valence-corrected chi connectivity index (χ0v) is 15.9. The second-order valence-electron chi connectivity index (χ2n) is 6.91. The lowest BCUT2D eigenvalue weighted by molar-refractivity contribution is -0.384. The lowest BCUT2D eigenvalue weighted by Gasteiger charge is -2.20. The van der Waals surface area contributed by atoms with Crippen LogP contribution in [-0.2, 0) is 0 Å². The van der Waals surface area contributed by atoms with Gasteiger partial charge in [-0.05, 0) is 31.5 Å². The van der Waals surface area contributed by atoms with Gasteiger partial charge in [-0.15, -0.1) is 0 Å². The molecule has 5 heteroatoms. The lowest BCUT2D eigenvalue weighted by Crippen LogP contribution is -2.16.